The third kappa shape index (κ3) is 8.43. The van der Waals surface area contributed by atoms with Crippen molar-refractivity contribution in [2.45, 2.75) is 116 Å². The van der Waals surface area contributed by atoms with Gasteiger partial charge in [-0.3, -0.25) is 9.13 Å². The van der Waals surface area contributed by atoms with Crippen molar-refractivity contribution in [3.05, 3.63) is 142 Å². The zero-order valence-electron chi connectivity index (χ0n) is 35.1. The fourth-order valence-electron chi connectivity index (χ4n) is 8.22. The molecule has 0 radical (unpaired) electrons. The van der Waals surface area contributed by atoms with Crippen molar-refractivity contribution < 1.29 is 27.2 Å². The molecule has 2 aliphatic heterocycles. The molecule has 2 heterocycles. The number of benzene rings is 4. The van der Waals surface area contributed by atoms with E-state index < -0.39 is 31.9 Å². The topological polar surface area (TPSA) is 71.1 Å². The molecule has 0 saturated carbocycles. The van der Waals surface area contributed by atoms with Gasteiger partial charge in [-0.05, 0) is 66.2 Å². The summed E-state index contributed by atoms with van der Waals surface area (Å²) in [5.74, 6) is 0. The molecule has 296 valence electrons. The largest absolute Gasteiger partial charge is 0.342 e. The molecule has 1 spiro atoms. The van der Waals surface area contributed by atoms with Crippen LogP contribution in [0.25, 0.3) is 0 Å². The van der Waals surface area contributed by atoms with E-state index in [1.54, 1.807) is 0 Å². The minimum atomic E-state index is -3.83. The zero-order valence-corrected chi connectivity index (χ0v) is 36.9. The van der Waals surface area contributed by atoms with Crippen molar-refractivity contribution in [1.29, 1.82) is 0 Å². The molecule has 0 atom stereocenters. The van der Waals surface area contributed by atoms with Crippen LogP contribution in [-0.4, -0.2) is 26.4 Å². The Morgan fingerprint density at radius 2 is 0.600 bits per heavy atom. The predicted molar refractivity (Wildman–Crippen MR) is 226 cm³/mol. The first-order chi connectivity index (χ1) is 25.5. The van der Waals surface area contributed by atoms with Crippen molar-refractivity contribution >= 4 is 15.2 Å². The molecule has 0 N–H and O–H groups in total. The van der Waals surface area contributed by atoms with Gasteiger partial charge < -0.3 is 18.1 Å². The first kappa shape index (κ1) is 41.8. The first-order valence-electron chi connectivity index (χ1n) is 19.6. The smallest absolute Gasteiger partial charge is 0.307 e. The Bertz CT molecular complexity index is 1820. The third-order valence-corrected chi connectivity index (χ3v) is 15.4. The molecule has 0 amide bonds. The summed E-state index contributed by atoms with van der Waals surface area (Å²) in [4.78, 5) is 0. The Morgan fingerprint density at radius 1 is 0.400 bits per heavy atom. The van der Waals surface area contributed by atoms with Gasteiger partial charge in [0.25, 0.3) is 0 Å². The van der Waals surface area contributed by atoms with Crippen LogP contribution in [0.3, 0.4) is 0 Å². The van der Waals surface area contributed by atoms with Gasteiger partial charge in [0, 0.05) is 0 Å². The summed E-state index contributed by atoms with van der Waals surface area (Å²) in [6, 6.07) is 32.9. The average Bonchev–Trinajstić information content (AvgIpc) is 3.10. The summed E-state index contributed by atoms with van der Waals surface area (Å²) in [7, 11) is -7.66. The van der Waals surface area contributed by atoms with E-state index in [0.29, 0.717) is 0 Å². The van der Waals surface area contributed by atoms with E-state index in [0.717, 1.165) is 44.5 Å². The predicted octanol–water partition coefficient (Wildman–Crippen LogP) is 13.2. The van der Waals surface area contributed by atoms with E-state index in [4.69, 9.17) is 18.1 Å². The molecule has 6 nitrogen and oxygen atoms in total. The lowest BCUT2D eigenvalue weighted by Crippen LogP contribution is -2.46. The lowest BCUT2D eigenvalue weighted by atomic mass is 9.78. The van der Waals surface area contributed by atoms with Crippen LogP contribution < -0.4 is 0 Å². The van der Waals surface area contributed by atoms with E-state index in [1.165, 1.54) is 0 Å². The summed E-state index contributed by atoms with van der Waals surface area (Å²) in [5.41, 5.74) is 5.12. The van der Waals surface area contributed by atoms with Gasteiger partial charge in [-0.15, -0.1) is 0 Å². The Balaban J connectivity index is 1.37. The highest BCUT2D eigenvalue weighted by atomic mass is 31.2. The minimum Gasteiger partial charge on any atom is -0.307 e. The van der Waals surface area contributed by atoms with Crippen LogP contribution in [0.4, 0.5) is 0 Å². The van der Waals surface area contributed by atoms with Crippen LogP contribution >= 0.6 is 15.2 Å². The molecule has 4 aromatic carbocycles. The van der Waals surface area contributed by atoms with Crippen LogP contribution in [0, 0.1) is 5.41 Å². The van der Waals surface area contributed by atoms with E-state index >= 15 is 9.13 Å². The molecule has 2 aliphatic rings. The van der Waals surface area contributed by atoms with Crippen molar-refractivity contribution in [3.8, 4) is 0 Å². The molecule has 2 fully saturated rings. The van der Waals surface area contributed by atoms with Gasteiger partial charge in [-0.25, -0.2) is 0 Å². The van der Waals surface area contributed by atoms with Crippen LogP contribution in [0.2, 0.25) is 0 Å². The average molecular weight is 785 g/mol. The first-order valence-corrected chi connectivity index (χ1v) is 22.9. The number of hydrogen-bond donors (Lipinski definition) is 0. The lowest BCUT2D eigenvalue weighted by molar-refractivity contribution is -0.0703. The monoisotopic (exact) mass is 784 g/mol. The Kier molecular flexibility index (Phi) is 11.3. The maximum Gasteiger partial charge on any atom is 0.342 e. The Morgan fingerprint density at radius 3 is 0.800 bits per heavy atom. The molecular formula is C47H62O6P2. The quantitative estimate of drug-likeness (QED) is 0.181. The Labute approximate surface area is 330 Å². The number of rotatable bonds is 6. The summed E-state index contributed by atoms with van der Waals surface area (Å²) in [6.07, 6.45) is 0. The molecule has 0 bridgehead atoms. The van der Waals surface area contributed by atoms with Crippen molar-refractivity contribution in [2.75, 3.05) is 26.4 Å². The van der Waals surface area contributed by atoms with E-state index in [-0.39, 0.29) is 48.1 Å². The van der Waals surface area contributed by atoms with Crippen LogP contribution in [-0.2, 0) is 48.9 Å². The zero-order chi connectivity index (χ0) is 40.2. The third-order valence-electron chi connectivity index (χ3n) is 11.1. The SMILES string of the molecule is CC(C)(C)c1ccccc1C(c1ccccc1C(C)(C)C)P1(=O)OCC2(CO1)COP(=O)(C(c1ccccc1C(C)(C)C)c1ccccc1C(C)(C)C)OC2. The maximum absolute atomic E-state index is 15.4. The highest BCUT2D eigenvalue weighted by Gasteiger charge is 2.55. The van der Waals surface area contributed by atoms with Crippen molar-refractivity contribution in [2.24, 2.45) is 5.41 Å². The summed E-state index contributed by atoms with van der Waals surface area (Å²) in [5, 5.41) is 0. The molecule has 8 heteroatoms. The van der Waals surface area contributed by atoms with Gasteiger partial charge in [0.15, 0.2) is 0 Å². The van der Waals surface area contributed by atoms with Gasteiger partial charge in [0.05, 0.1) is 31.8 Å². The Hall–Kier alpha value is -2.82. The summed E-state index contributed by atoms with van der Waals surface area (Å²) in [6.45, 7) is 26.4. The van der Waals surface area contributed by atoms with Crippen LogP contribution in [0.15, 0.2) is 97.1 Å². The number of hydrogen-bond acceptors (Lipinski definition) is 6. The second-order valence-electron chi connectivity index (χ2n) is 19.8. The van der Waals surface area contributed by atoms with Crippen LogP contribution in [0.5, 0.6) is 0 Å². The standard InChI is InChI=1S/C47H62O6P2/c1-43(2,3)37-25-17-13-21-33(37)41(34-22-14-18-26-38(34)44(4,5)6)54(48)50-29-47(30-51-54)31-52-55(49,53-32-47)42(35-23-15-19-27-39(35)45(7,8)9)36-24-16-20-28-40(36)46(10,11)12/h13-28,41-42H,29-32H2,1-12H3. The van der Waals surface area contributed by atoms with Gasteiger partial charge in [0.1, 0.15) is 11.3 Å². The van der Waals surface area contributed by atoms with Crippen LogP contribution in [0.1, 0.15) is 139 Å². The normalized spacial score (nSPS) is 24.1. The molecular weight excluding hydrogens is 722 g/mol. The lowest BCUT2D eigenvalue weighted by Gasteiger charge is -2.46. The van der Waals surface area contributed by atoms with Gasteiger partial charge in [0.2, 0.25) is 0 Å². The fraction of sp³-hybridized carbons (Fsp3) is 0.489. The van der Waals surface area contributed by atoms with Crippen molar-refractivity contribution in [1.82, 2.24) is 0 Å². The second kappa shape index (κ2) is 14.8. The maximum atomic E-state index is 15.4. The highest BCUT2D eigenvalue weighted by molar-refractivity contribution is 7.55. The second-order valence-corrected chi connectivity index (χ2v) is 24.1. The van der Waals surface area contributed by atoms with E-state index in [9.17, 15) is 0 Å². The van der Waals surface area contributed by atoms with E-state index in [1.807, 2.05) is 48.5 Å². The van der Waals surface area contributed by atoms with Crippen molar-refractivity contribution in [3.63, 3.8) is 0 Å². The molecule has 0 aliphatic carbocycles. The van der Waals surface area contributed by atoms with E-state index in [2.05, 4.69) is 132 Å². The van der Waals surface area contributed by atoms with Gasteiger partial charge in [-0.1, -0.05) is 180 Å². The molecule has 55 heavy (non-hydrogen) atoms. The fourth-order valence-corrected chi connectivity index (χ4v) is 13.0. The van der Waals surface area contributed by atoms with Gasteiger partial charge >= 0.3 is 15.2 Å². The van der Waals surface area contributed by atoms with Gasteiger partial charge in [-0.2, -0.15) is 0 Å². The molecule has 0 unspecified atom stereocenters. The molecule has 2 saturated heterocycles. The minimum absolute atomic E-state index is 0.0813. The molecule has 0 aromatic heterocycles. The molecule has 4 aromatic rings. The molecule has 6 rings (SSSR count). The highest BCUT2D eigenvalue weighted by Crippen LogP contribution is 2.71. The summed E-state index contributed by atoms with van der Waals surface area (Å²) >= 11 is 0. The summed E-state index contributed by atoms with van der Waals surface area (Å²) < 4.78 is 57.1.